The third-order valence-electron chi connectivity index (χ3n) is 6.52. The molecule has 9 heteroatoms. The Morgan fingerprint density at radius 1 is 0.906 bits per heavy atom. The maximum atomic E-state index is 12.7. The van der Waals surface area contributed by atoms with E-state index in [1.54, 1.807) is 17.2 Å². The smallest absolute Gasteiger partial charge is 0.391 e. The van der Waals surface area contributed by atoms with Gasteiger partial charge in [0.15, 0.2) is 0 Å². The molecule has 2 aromatic heterocycles. The zero-order chi connectivity index (χ0) is 22.1. The molecule has 166 valence electrons. The molecular weight excluding hydrogens is 410 g/mol. The number of amides is 3. The normalized spacial score (nSPS) is 23.3. The van der Waals surface area contributed by atoms with Gasteiger partial charge in [-0.15, -0.1) is 0 Å². The molecule has 3 amide bonds. The highest BCUT2D eigenvalue weighted by Gasteiger charge is 2.48. The van der Waals surface area contributed by atoms with Crippen molar-refractivity contribution in [3.63, 3.8) is 0 Å². The summed E-state index contributed by atoms with van der Waals surface area (Å²) in [7, 11) is 0. The van der Waals surface area contributed by atoms with Gasteiger partial charge in [-0.25, -0.2) is 19.7 Å². The zero-order valence-corrected chi connectivity index (χ0v) is 17.7. The Kier molecular flexibility index (Phi) is 5.46. The number of rotatable bonds is 3. The minimum atomic E-state index is -0.467. The van der Waals surface area contributed by atoms with Crippen LogP contribution in [0.4, 0.5) is 16.3 Å². The van der Waals surface area contributed by atoms with Crippen molar-refractivity contribution in [3.05, 3.63) is 42.7 Å². The van der Waals surface area contributed by atoms with Crippen molar-refractivity contribution in [2.45, 2.75) is 25.7 Å². The number of hydrogen-bond donors (Lipinski definition) is 0. The number of aromatic nitrogens is 2. The van der Waals surface area contributed by atoms with E-state index in [4.69, 9.17) is 4.74 Å². The maximum absolute atomic E-state index is 12.7. The number of ether oxygens (including phenoxy) is 1. The molecule has 0 N–H and O–H groups in total. The molecule has 2 atom stereocenters. The van der Waals surface area contributed by atoms with E-state index in [0.29, 0.717) is 31.9 Å². The molecule has 5 rings (SSSR count). The third kappa shape index (κ3) is 3.79. The van der Waals surface area contributed by atoms with Gasteiger partial charge in [-0.1, -0.05) is 18.9 Å². The second kappa shape index (κ2) is 8.57. The zero-order valence-electron chi connectivity index (χ0n) is 17.7. The van der Waals surface area contributed by atoms with E-state index in [1.165, 1.54) is 17.2 Å². The van der Waals surface area contributed by atoms with Crippen LogP contribution in [-0.2, 0) is 9.59 Å². The molecule has 0 aromatic carbocycles. The number of nitrogens with zero attached hydrogens (tertiary/aromatic N) is 5. The Morgan fingerprint density at radius 3 is 2.22 bits per heavy atom. The summed E-state index contributed by atoms with van der Waals surface area (Å²) in [5, 5.41) is 0. The van der Waals surface area contributed by atoms with Gasteiger partial charge in [-0.05, 0) is 31.0 Å². The minimum Gasteiger partial charge on any atom is -0.391 e. The second-order valence-corrected chi connectivity index (χ2v) is 8.39. The summed E-state index contributed by atoms with van der Waals surface area (Å²) in [5.41, 5.74) is 0.429. The lowest BCUT2D eigenvalue weighted by molar-refractivity contribution is -0.122. The van der Waals surface area contributed by atoms with Crippen LogP contribution in [0.2, 0.25) is 0 Å². The van der Waals surface area contributed by atoms with Crippen LogP contribution in [0.5, 0.6) is 5.88 Å². The summed E-state index contributed by atoms with van der Waals surface area (Å²) < 4.78 is 5.41. The number of fused-ring (bicyclic) bond motifs is 1. The molecule has 3 aliphatic rings. The minimum absolute atomic E-state index is 0.141. The standard InChI is InChI=1S/C23H25N5O4/c29-21-17-5-1-2-6-18(17)22(30)28(21)16-8-9-20(25-15-16)32-23(31)27-13-11-26(12-14-27)19-7-3-4-10-24-19/h3-4,7-10,15,17-18H,1-2,5-6,11-14H2. The average Bonchev–Trinajstić information content (AvgIpc) is 3.10. The Labute approximate surface area is 186 Å². The monoisotopic (exact) mass is 435 g/mol. The molecule has 2 unspecified atom stereocenters. The van der Waals surface area contributed by atoms with Crippen molar-refractivity contribution in [1.82, 2.24) is 14.9 Å². The molecule has 2 aromatic rings. The van der Waals surface area contributed by atoms with Gasteiger partial charge in [0.05, 0.1) is 23.7 Å². The van der Waals surface area contributed by atoms with E-state index in [-0.39, 0.29) is 29.5 Å². The summed E-state index contributed by atoms with van der Waals surface area (Å²) in [6, 6.07) is 8.90. The fourth-order valence-corrected chi connectivity index (χ4v) is 4.79. The predicted molar refractivity (Wildman–Crippen MR) is 116 cm³/mol. The fourth-order valence-electron chi connectivity index (χ4n) is 4.79. The first-order chi connectivity index (χ1) is 15.6. The first-order valence-corrected chi connectivity index (χ1v) is 11.1. The SMILES string of the molecule is O=C(Oc1ccc(N2C(=O)C3CCCCC3C2=O)cn1)N1CCN(c2ccccn2)CC1. The lowest BCUT2D eigenvalue weighted by Crippen LogP contribution is -2.49. The molecule has 0 bridgehead atoms. The van der Waals surface area contributed by atoms with Gasteiger partial charge in [-0.3, -0.25) is 9.59 Å². The van der Waals surface area contributed by atoms with Crippen LogP contribution in [-0.4, -0.2) is 59.0 Å². The van der Waals surface area contributed by atoms with Gasteiger partial charge in [-0.2, -0.15) is 0 Å². The van der Waals surface area contributed by atoms with Crippen LogP contribution < -0.4 is 14.5 Å². The number of anilines is 2. The van der Waals surface area contributed by atoms with Gasteiger partial charge in [0.1, 0.15) is 5.82 Å². The summed E-state index contributed by atoms with van der Waals surface area (Å²) in [6.07, 6.45) is 6.21. The number of carbonyl (C=O) groups excluding carboxylic acids is 3. The molecule has 3 fully saturated rings. The second-order valence-electron chi connectivity index (χ2n) is 8.39. The van der Waals surface area contributed by atoms with Crippen LogP contribution in [0.1, 0.15) is 25.7 Å². The first-order valence-electron chi connectivity index (χ1n) is 11.1. The number of hydrogen-bond acceptors (Lipinski definition) is 7. The topological polar surface area (TPSA) is 95.9 Å². The number of carbonyl (C=O) groups is 3. The van der Waals surface area contributed by atoms with Gasteiger partial charge in [0.2, 0.25) is 17.7 Å². The van der Waals surface area contributed by atoms with Crippen LogP contribution in [0.25, 0.3) is 0 Å². The quantitative estimate of drug-likeness (QED) is 0.684. The van der Waals surface area contributed by atoms with E-state index in [2.05, 4.69) is 14.9 Å². The van der Waals surface area contributed by atoms with Crippen LogP contribution in [0, 0.1) is 11.8 Å². The lowest BCUT2D eigenvalue weighted by Gasteiger charge is -2.34. The largest absolute Gasteiger partial charge is 0.416 e. The van der Waals surface area contributed by atoms with Gasteiger partial charge >= 0.3 is 6.09 Å². The van der Waals surface area contributed by atoms with Gasteiger partial charge in [0, 0.05) is 38.4 Å². The maximum Gasteiger partial charge on any atom is 0.416 e. The van der Waals surface area contributed by atoms with Crippen molar-refractivity contribution in [2.24, 2.45) is 11.8 Å². The summed E-state index contributed by atoms with van der Waals surface area (Å²) >= 11 is 0. The molecule has 2 saturated heterocycles. The van der Waals surface area contributed by atoms with Crippen molar-refractivity contribution < 1.29 is 19.1 Å². The lowest BCUT2D eigenvalue weighted by atomic mass is 9.81. The average molecular weight is 435 g/mol. The Morgan fingerprint density at radius 2 is 1.62 bits per heavy atom. The van der Waals surface area contributed by atoms with Gasteiger partial charge in [0.25, 0.3) is 0 Å². The Hall–Kier alpha value is -3.49. The highest BCUT2D eigenvalue weighted by molar-refractivity contribution is 6.22. The molecular formula is C23H25N5O4. The third-order valence-corrected chi connectivity index (χ3v) is 6.52. The number of imide groups is 1. The molecule has 9 nitrogen and oxygen atoms in total. The number of pyridine rings is 2. The van der Waals surface area contributed by atoms with E-state index < -0.39 is 6.09 Å². The van der Waals surface area contributed by atoms with E-state index >= 15 is 0 Å². The number of piperazine rings is 1. The first kappa shape index (κ1) is 20.4. The fraction of sp³-hybridized carbons (Fsp3) is 0.435. The molecule has 32 heavy (non-hydrogen) atoms. The van der Waals surface area contributed by atoms with Crippen molar-refractivity contribution in [2.75, 3.05) is 36.0 Å². The molecule has 0 spiro atoms. The van der Waals surface area contributed by atoms with Gasteiger partial charge < -0.3 is 14.5 Å². The molecule has 1 aliphatic carbocycles. The molecule has 4 heterocycles. The highest BCUT2D eigenvalue weighted by Crippen LogP contribution is 2.40. The molecule has 0 radical (unpaired) electrons. The Bertz CT molecular complexity index is 981. The summed E-state index contributed by atoms with van der Waals surface area (Å²) in [6.45, 7) is 2.38. The van der Waals surface area contributed by atoms with Crippen LogP contribution >= 0.6 is 0 Å². The van der Waals surface area contributed by atoms with Crippen molar-refractivity contribution in [1.29, 1.82) is 0 Å². The van der Waals surface area contributed by atoms with Crippen LogP contribution in [0.15, 0.2) is 42.7 Å². The summed E-state index contributed by atoms with van der Waals surface area (Å²) in [5.74, 6) is 0.331. The summed E-state index contributed by atoms with van der Waals surface area (Å²) in [4.78, 5) is 51.5. The molecule has 2 aliphatic heterocycles. The molecule has 1 saturated carbocycles. The van der Waals surface area contributed by atoms with Crippen molar-refractivity contribution in [3.8, 4) is 5.88 Å². The highest BCUT2D eigenvalue weighted by atomic mass is 16.6. The van der Waals surface area contributed by atoms with Crippen LogP contribution in [0.3, 0.4) is 0 Å². The van der Waals surface area contributed by atoms with E-state index in [9.17, 15) is 14.4 Å². The predicted octanol–water partition coefficient (Wildman–Crippen LogP) is 2.48. The van der Waals surface area contributed by atoms with E-state index in [0.717, 1.165) is 31.5 Å². The van der Waals surface area contributed by atoms with Crippen molar-refractivity contribution >= 4 is 29.4 Å². The van der Waals surface area contributed by atoms with E-state index in [1.807, 2.05) is 18.2 Å². The Balaban J connectivity index is 1.19.